The van der Waals surface area contributed by atoms with Crippen LogP contribution >= 0.6 is 11.6 Å². The van der Waals surface area contributed by atoms with E-state index in [1.807, 2.05) is 6.07 Å². The molecule has 1 amide bonds. The van der Waals surface area contributed by atoms with E-state index in [0.717, 1.165) is 16.6 Å². The lowest BCUT2D eigenvalue weighted by molar-refractivity contribution is -0.142. The molecule has 0 bridgehead atoms. The molecule has 2 aliphatic heterocycles. The summed E-state index contributed by atoms with van der Waals surface area (Å²) in [6.07, 6.45) is -1.68. The normalized spacial score (nSPS) is 17.0. The highest BCUT2D eigenvalue weighted by molar-refractivity contribution is 6.31. The average molecular weight is 489 g/mol. The van der Waals surface area contributed by atoms with Gasteiger partial charge in [0.1, 0.15) is 6.07 Å². The van der Waals surface area contributed by atoms with Gasteiger partial charge in [-0.2, -0.15) is 23.5 Å². The summed E-state index contributed by atoms with van der Waals surface area (Å²) in [4.78, 5) is 21.2. The van der Waals surface area contributed by atoms with Crippen molar-refractivity contribution in [1.29, 1.82) is 5.26 Å². The molecular formula is C23H20ClF3N6O. The average Bonchev–Trinajstić information content (AvgIpc) is 3.27. The minimum absolute atomic E-state index is 0.0587. The summed E-state index contributed by atoms with van der Waals surface area (Å²) >= 11 is 6.19. The van der Waals surface area contributed by atoms with Gasteiger partial charge >= 0.3 is 6.18 Å². The Morgan fingerprint density at radius 1 is 1.24 bits per heavy atom. The highest BCUT2D eigenvalue weighted by Gasteiger charge is 2.40. The summed E-state index contributed by atoms with van der Waals surface area (Å²) in [7, 11) is 0. The zero-order valence-corrected chi connectivity index (χ0v) is 18.7. The quantitative estimate of drug-likeness (QED) is 0.581. The van der Waals surface area contributed by atoms with Crippen molar-refractivity contribution in [1.82, 2.24) is 20.1 Å². The number of aromatic nitrogens is 3. The number of benzene rings is 1. The van der Waals surface area contributed by atoms with Gasteiger partial charge in [0.05, 0.1) is 29.0 Å². The van der Waals surface area contributed by atoms with Crippen molar-refractivity contribution in [3.63, 3.8) is 0 Å². The van der Waals surface area contributed by atoms with E-state index in [-0.39, 0.29) is 36.9 Å². The lowest BCUT2D eigenvalue weighted by Crippen LogP contribution is -2.44. The first kappa shape index (κ1) is 22.5. The van der Waals surface area contributed by atoms with E-state index in [0.29, 0.717) is 42.2 Å². The lowest BCUT2D eigenvalue weighted by Gasteiger charge is -2.37. The number of aromatic amines is 1. The van der Waals surface area contributed by atoms with Crippen LogP contribution in [-0.4, -0.2) is 45.6 Å². The van der Waals surface area contributed by atoms with Gasteiger partial charge in [-0.3, -0.25) is 14.9 Å². The number of nitriles is 1. The Labute approximate surface area is 198 Å². The highest BCUT2D eigenvalue weighted by atomic mass is 35.5. The van der Waals surface area contributed by atoms with Crippen LogP contribution in [-0.2, 0) is 23.9 Å². The number of carbonyl (C=O) groups excluding carboxylic acids is 1. The number of piperidine rings is 1. The van der Waals surface area contributed by atoms with E-state index in [2.05, 4.69) is 26.2 Å². The van der Waals surface area contributed by atoms with Gasteiger partial charge in [-0.05, 0) is 37.5 Å². The predicted octanol–water partition coefficient (Wildman–Crippen LogP) is 4.30. The zero-order valence-electron chi connectivity index (χ0n) is 18.0. The summed E-state index contributed by atoms with van der Waals surface area (Å²) in [6, 6.07) is 7.55. The Kier molecular flexibility index (Phi) is 5.60. The van der Waals surface area contributed by atoms with Crippen LogP contribution in [0.2, 0.25) is 5.02 Å². The Morgan fingerprint density at radius 2 is 2.00 bits per heavy atom. The van der Waals surface area contributed by atoms with E-state index >= 15 is 0 Å². The molecule has 176 valence electrons. The Balaban J connectivity index is 1.30. The van der Waals surface area contributed by atoms with Crippen LogP contribution in [0, 0.1) is 17.2 Å². The molecule has 0 atom stereocenters. The number of anilines is 1. The molecule has 5 rings (SSSR count). The fourth-order valence-electron chi connectivity index (χ4n) is 4.92. The zero-order chi connectivity index (χ0) is 24.0. The third kappa shape index (κ3) is 3.94. The third-order valence-corrected chi connectivity index (χ3v) is 6.83. The van der Waals surface area contributed by atoms with Crippen LogP contribution in [0.5, 0.6) is 0 Å². The standard InChI is InChI=1S/C23H20ClF3N6O/c24-15-1-2-18-17(9-15)20(14(10-28)11-29-18)32-6-3-13(4-7-32)22(34)33-8-5-16-19(12-33)30-31-21(16)23(25,26)27/h1-2,9,11,13H,3-8,12H2,(H,30,31). The van der Waals surface area contributed by atoms with E-state index in [1.54, 1.807) is 23.2 Å². The molecule has 7 nitrogen and oxygen atoms in total. The van der Waals surface area contributed by atoms with E-state index < -0.39 is 11.9 Å². The monoisotopic (exact) mass is 488 g/mol. The number of hydrogen-bond acceptors (Lipinski definition) is 5. The maximum atomic E-state index is 13.2. The van der Waals surface area contributed by atoms with Gasteiger partial charge < -0.3 is 9.80 Å². The fraction of sp³-hybridized carbons (Fsp3) is 0.391. The number of amides is 1. The minimum Gasteiger partial charge on any atom is -0.370 e. The van der Waals surface area contributed by atoms with Crippen LogP contribution in [0.3, 0.4) is 0 Å². The number of fused-ring (bicyclic) bond motifs is 2. The minimum atomic E-state index is -4.51. The van der Waals surface area contributed by atoms with Gasteiger partial charge in [0.15, 0.2) is 5.69 Å². The van der Waals surface area contributed by atoms with Gasteiger partial charge in [0.2, 0.25) is 5.91 Å². The van der Waals surface area contributed by atoms with Crippen molar-refractivity contribution in [2.24, 2.45) is 5.92 Å². The Hall–Kier alpha value is -3.32. The summed E-state index contributed by atoms with van der Waals surface area (Å²) in [6.45, 7) is 1.47. The van der Waals surface area contributed by atoms with Gasteiger partial charge in [-0.15, -0.1) is 0 Å². The molecule has 4 heterocycles. The summed E-state index contributed by atoms with van der Waals surface area (Å²) in [5, 5.41) is 16.9. The summed E-state index contributed by atoms with van der Waals surface area (Å²) < 4.78 is 39.3. The van der Waals surface area contributed by atoms with E-state index in [1.165, 1.54) is 0 Å². The molecule has 2 aromatic heterocycles. The molecule has 2 aliphatic rings. The van der Waals surface area contributed by atoms with Crippen molar-refractivity contribution in [3.05, 3.63) is 51.9 Å². The molecule has 0 unspecified atom stereocenters. The lowest BCUT2D eigenvalue weighted by atomic mass is 9.93. The molecule has 0 radical (unpaired) electrons. The number of rotatable bonds is 2. The van der Waals surface area contributed by atoms with Crippen LogP contribution in [0.15, 0.2) is 24.4 Å². The van der Waals surface area contributed by atoms with Crippen molar-refractivity contribution in [2.75, 3.05) is 24.5 Å². The number of carbonyl (C=O) groups is 1. The largest absolute Gasteiger partial charge is 0.435 e. The maximum absolute atomic E-state index is 13.2. The predicted molar refractivity (Wildman–Crippen MR) is 119 cm³/mol. The number of H-pyrrole nitrogens is 1. The van der Waals surface area contributed by atoms with Gasteiger partial charge in [-0.25, -0.2) is 0 Å². The molecule has 0 spiro atoms. The second-order valence-electron chi connectivity index (χ2n) is 8.59. The van der Waals surface area contributed by atoms with Crippen molar-refractivity contribution < 1.29 is 18.0 Å². The molecule has 1 fully saturated rings. The topological polar surface area (TPSA) is 88.9 Å². The summed E-state index contributed by atoms with van der Waals surface area (Å²) in [5.41, 5.74) is 1.56. The second-order valence-corrected chi connectivity index (χ2v) is 9.03. The van der Waals surface area contributed by atoms with Crippen LogP contribution in [0.4, 0.5) is 18.9 Å². The smallest absolute Gasteiger partial charge is 0.370 e. The number of halogens is 4. The van der Waals surface area contributed by atoms with Crippen LogP contribution in [0.1, 0.15) is 35.4 Å². The molecule has 0 saturated carbocycles. The maximum Gasteiger partial charge on any atom is 0.435 e. The molecule has 1 N–H and O–H groups in total. The molecule has 3 aromatic rings. The fourth-order valence-corrected chi connectivity index (χ4v) is 5.09. The number of alkyl halides is 3. The highest BCUT2D eigenvalue weighted by Crippen LogP contribution is 2.36. The molecule has 34 heavy (non-hydrogen) atoms. The number of nitrogens with one attached hydrogen (secondary N) is 1. The number of nitrogens with zero attached hydrogens (tertiary/aromatic N) is 5. The Morgan fingerprint density at radius 3 is 2.71 bits per heavy atom. The molecule has 1 aromatic carbocycles. The second kappa shape index (κ2) is 8.47. The summed E-state index contributed by atoms with van der Waals surface area (Å²) in [5.74, 6) is -0.290. The van der Waals surface area contributed by atoms with E-state index in [4.69, 9.17) is 11.6 Å². The third-order valence-electron chi connectivity index (χ3n) is 6.60. The first-order valence-corrected chi connectivity index (χ1v) is 11.3. The van der Waals surface area contributed by atoms with Crippen molar-refractivity contribution >= 4 is 34.1 Å². The molecule has 1 saturated heterocycles. The SMILES string of the molecule is N#Cc1cnc2ccc(Cl)cc2c1N1CCC(C(=O)N2CCc3c(C(F)(F)F)n[nH]c3C2)CC1. The van der Waals surface area contributed by atoms with E-state index in [9.17, 15) is 23.2 Å². The number of hydrogen-bond donors (Lipinski definition) is 1. The van der Waals surface area contributed by atoms with Crippen molar-refractivity contribution in [2.45, 2.75) is 32.0 Å². The van der Waals surface area contributed by atoms with Crippen LogP contribution in [0.25, 0.3) is 10.9 Å². The van der Waals surface area contributed by atoms with Gasteiger partial charge in [-0.1, -0.05) is 11.6 Å². The van der Waals surface area contributed by atoms with Crippen molar-refractivity contribution in [3.8, 4) is 6.07 Å². The molecule has 11 heteroatoms. The first-order valence-electron chi connectivity index (χ1n) is 10.9. The van der Waals surface area contributed by atoms with Crippen LogP contribution < -0.4 is 4.90 Å². The molecular weight excluding hydrogens is 469 g/mol. The number of pyridine rings is 1. The first-order chi connectivity index (χ1) is 16.3. The van der Waals surface area contributed by atoms with Gasteiger partial charge in [0.25, 0.3) is 0 Å². The Bertz CT molecular complexity index is 1310. The van der Waals surface area contributed by atoms with Gasteiger partial charge in [0, 0.05) is 47.7 Å². The molecule has 0 aliphatic carbocycles.